The Balaban J connectivity index is 1.80. The summed E-state index contributed by atoms with van der Waals surface area (Å²) in [6.45, 7) is 2.16. The number of aliphatic hydroxyl groups excluding tert-OH is 1. The Morgan fingerprint density at radius 1 is 1.29 bits per heavy atom. The molecule has 210 valence electrons. The largest absolute Gasteiger partial charge is 0.459 e. The van der Waals surface area contributed by atoms with Crippen LogP contribution in [-0.2, 0) is 23.4 Å². The Morgan fingerprint density at radius 2 is 2.03 bits per heavy atom. The van der Waals surface area contributed by atoms with Crippen LogP contribution in [0.25, 0.3) is 0 Å². The molecule has 0 amide bonds. The van der Waals surface area contributed by atoms with Gasteiger partial charge in [0.05, 0.1) is 26.0 Å². The topological polar surface area (TPSA) is 158 Å². The molecule has 3 rings (SSSR count). The first-order valence-electron chi connectivity index (χ1n) is 12.2. The van der Waals surface area contributed by atoms with Crippen molar-refractivity contribution in [2.24, 2.45) is 5.92 Å². The molecule has 1 aliphatic rings. The maximum atomic E-state index is 13.9. The summed E-state index contributed by atoms with van der Waals surface area (Å²) in [6, 6.07) is 9.14. The van der Waals surface area contributed by atoms with E-state index in [1.807, 2.05) is 11.9 Å². The number of hydrogen-bond donors (Lipinski definition) is 3. The monoisotopic (exact) mass is 557 g/mol. The second-order valence-corrected chi connectivity index (χ2v) is 10.8. The van der Waals surface area contributed by atoms with Crippen LogP contribution in [0.15, 0.2) is 52.2 Å². The zero-order valence-electron chi connectivity index (χ0n) is 21.2. The van der Waals surface area contributed by atoms with Gasteiger partial charge in [-0.2, -0.15) is 5.09 Å². The molecule has 1 aromatic heterocycles. The van der Waals surface area contributed by atoms with Crippen LogP contribution in [-0.4, -0.2) is 65.2 Å². The molecule has 1 saturated heterocycles. The number of aromatic amines is 1. The zero-order valence-corrected chi connectivity index (χ0v) is 22.1. The van der Waals surface area contributed by atoms with Crippen LogP contribution in [0.3, 0.4) is 0 Å². The van der Waals surface area contributed by atoms with Crippen LogP contribution >= 0.6 is 7.75 Å². The fourth-order valence-corrected chi connectivity index (χ4v) is 5.46. The molecule has 1 fully saturated rings. The van der Waals surface area contributed by atoms with Crippen LogP contribution in [0.2, 0.25) is 0 Å². The molecular formula is C24H33FN3O9P. The third-order valence-corrected chi connectivity index (χ3v) is 7.63. The van der Waals surface area contributed by atoms with E-state index in [9.17, 15) is 28.4 Å². The molecule has 12 nitrogen and oxygen atoms in total. The maximum absolute atomic E-state index is 13.9. The highest BCUT2D eigenvalue weighted by Gasteiger charge is 2.47. The number of halogens is 1. The number of carbonyl (C=O) groups excluding carboxylic acids is 1. The van der Waals surface area contributed by atoms with Crippen molar-refractivity contribution in [3.8, 4) is 5.75 Å². The second-order valence-electron chi connectivity index (χ2n) is 9.14. The first kappa shape index (κ1) is 29.9. The van der Waals surface area contributed by atoms with Gasteiger partial charge in [0.25, 0.3) is 5.56 Å². The number of unbranched alkanes of at least 4 members (excludes halogenated alkanes) is 1. The molecule has 1 aromatic carbocycles. The van der Waals surface area contributed by atoms with Gasteiger partial charge in [-0.1, -0.05) is 31.5 Å². The summed E-state index contributed by atoms with van der Waals surface area (Å²) in [4.78, 5) is 37.5. The lowest BCUT2D eigenvalue weighted by Crippen LogP contribution is -2.47. The molecule has 0 bridgehead atoms. The minimum Gasteiger partial charge on any atom is -0.413 e. The van der Waals surface area contributed by atoms with E-state index in [1.165, 1.54) is 19.1 Å². The summed E-state index contributed by atoms with van der Waals surface area (Å²) in [5.74, 6) is -0.977. The minimum absolute atomic E-state index is 0.120. The number of H-pyrrole nitrogens is 1. The summed E-state index contributed by atoms with van der Waals surface area (Å²) in [6.07, 6.45) is -0.658. The Kier molecular flexibility index (Phi) is 10.5. The Morgan fingerprint density at radius 3 is 2.66 bits per heavy atom. The van der Waals surface area contributed by atoms with E-state index in [1.54, 1.807) is 18.2 Å². The number of hydrogen-bond acceptors (Lipinski definition) is 9. The van der Waals surface area contributed by atoms with Crippen molar-refractivity contribution in [2.45, 2.75) is 50.7 Å². The Hall–Kier alpha value is -2.67. The van der Waals surface area contributed by atoms with E-state index < -0.39 is 62.2 Å². The average Bonchev–Trinajstić information content (AvgIpc) is 3.21. The fourth-order valence-electron chi connectivity index (χ4n) is 3.81. The molecule has 2 heterocycles. The van der Waals surface area contributed by atoms with Crippen LogP contribution in [0.5, 0.6) is 5.75 Å². The van der Waals surface area contributed by atoms with Crippen molar-refractivity contribution in [2.75, 3.05) is 26.5 Å². The average molecular weight is 558 g/mol. The number of rotatable bonds is 15. The van der Waals surface area contributed by atoms with Gasteiger partial charge >= 0.3 is 13.4 Å². The molecule has 0 aliphatic carbocycles. The third-order valence-electron chi connectivity index (χ3n) is 5.90. The summed E-state index contributed by atoms with van der Waals surface area (Å²) in [5.41, 5.74) is -2.97. The van der Waals surface area contributed by atoms with Gasteiger partial charge in [0.2, 0.25) is 0 Å². The summed E-state index contributed by atoms with van der Waals surface area (Å²) in [5, 5.41) is 13.3. The highest BCUT2D eigenvalue weighted by Crippen LogP contribution is 2.47. The van der Waals surface area contributed by atoms with E-state index in [0.717, 1.165) is 29.7 Å². The summed E-state index contributed by atoms with van der Waals surface area (Å²) >= 11 is 0. The lowest BCUT2D eigenvalue weighted by molar-refractivity contribution is -0.114. The standard InChI is InChI=1S/C24H33FN3O9P/c1-3-4-12-34-16-24(2,15-29)27-38(33,37-17-8-6-5-7-9-17)35-14-19-18(13-25)21(31)22(36-19)28-11-10-20(30)26-23(28)32/h5-11,15,18-19,21-22,31H,3-4,12-14,16H2,1-2H3,(H,27,33)(H,26,30,32)/t18-,19-,21-,22-,24?,38?/m1/s1. The van der Waals surface area contributed by atoms with Gasteiger partial charge in [-0.05, 0) is 25.5 Å². The van der Waals surface area contributed by atoms with Crippen LogP contribution in [0.4, 0.5) is 4.39 Å². The van der Waals surface area contributed by atoms with Crippen LogP contribution < -0.4 is 20.9 Å². The minimum atomic E-state index is -4.31. The highest BCUT2D eigenvalue weighted by atomic mass is 31.2. The number of nitrogens with one attached hydrogen (secondary N) is 2. The lowest BCUT2D eigenvalue weighted by atomic mass is 10.00. The number of nitrogens with zero attached hydrogens (tertiary/aromatic N) is 1. The molecule has 0 spiro atoms. The zero-order chi connectivity index (χ0) is 27.8. The number of carbonyl (C=O) groups is 1. The van der Waals surface area contributed by atoms with Crippen molar-refractivity contribution in [1.29, 1.82) is 0 Å². The number of aliphatic hydroxyl groups is 1. The number of alkyl halides is 1. The molecule has 1 aliphatic heterocycles. The molecule has 14 heteroatoms. The van der Waals surface area contributed by atoms with E-state index in [0.29, 0.717) is 12.9 Å². The van der Waals surface area contributed by atoms with Gasteiger partial charge in [-0.15, -0.1) is 0 Å². The van der Waals surface area contributed by atoms with Crippen molar-refractivity contribution in [3.05, 3.63) is 63.4 Å². The number of aldehydes is 1. The Labute approximate surface area is 218 Å². The fraction of sp³-hybridized carbons (Fsp3) is 0.542. The number of aromatic nitrogens is 2. The first-order valence-corrected chi connectivity index (χ1v) is 13.7. The number of benzene rings is 1. The van der Waals surface area contributed by atoms with Crippen molar-refractivity contribution in [3.63, 3.8) is 0 Å². The van der Waals surface area contributed by atoms with E-state index in [-0.39, 0.29) is 12.4 Å². The number of para-hydroxylation sites is 1. The van der Waals surface area contributed by atoms with Crippen molar-refractivity contribution < 1.29 is 37.4 Å². The van der Waals surface area contributed by atoms with E-state index >= 15 is 0 Å². The quantitative estimate of drug-likeness (QED) is 0.168. The molecule has 38 heavy (non-hydrogen) atoms. The van der Waals surface area contributed by atoms with Gasteiger partial charge in [-0.3, -0.25) is 23.3 Å². The van der Waals surface area contributed by atoms with Gasteiger partial charge in [-0.25, -0.2) is 9.36 Å². The van der Waals surface area contributed by atoms with Crippen LogP contribution in [0.1, 0.15) is 32.9 Å². The summed E-state index contributed by atoms with van der Waals surface area (Å²) < 4.78 is 51.2. The first-order chi connectivity index (χ1) is 18.1. The molecular weight excluding hydrogens is 524 g/mol. The Bertz CT molecular complexity index is 1210. The van der Waals surface area contributed by atoms with Crippen molar-refractivity contribution >= 4 is 14.0 Å². The van der Waals surface area contributed by atoms with Crippen LogP contribution in [0, 0.1) is 5.92 Å². The van der Waals surface area contributed by atoms with E-state index in [4.69, 9.17) is 18.5 Å². The molecule has 6 atom stereocenters. The van der Waals surface area contributed by atoms with Gasteiger partial charge in [0.1, 0.15) is 23.7 Å². The molecule has 0 radical (unpaired) electrons. The smallest absolute Gasteiger partial charge is 0.413 e. The molecule has 0 saturated carbocycles. The number of ether oxygens (including phenoxy) is 2. The van der Waals surface area contributed by atoms with Gasteiger partial charge in [0.15, 0.2) is 6.23 Å². The third kappa shape index (κ3) is 7.68. The highest BCUT2D eigenvalue weighted by molar-refractivity contribution is 7.52. The molecule has 2 unspecified atom stereocenters. The normalized spacial score (nSPS) is 24.4. The van der Waals surface area contributed by atoms with Gasteiger partial charge in [0, 0.05) is 24.8 Å². The SMILES string of the molecule is CCCCOCC(C)(C=O)NP(=O)(OC[C@H]1O[C@@H](n2ccc(=O)[nH]c2=O)[C@H](O)[C@@H]1CF)Oc1ccccc1. The maximum Gasteiger partial charge on any atom is 0.459 e. The summed E-state index contributed by atoms with van der Waals surface area (Å²) in [7, 11) is -4.31. The second kappa shape index (κ2) is 13.4. The van der Waals surface area contributed by atoms with E-state index in [2.05, 4.69) is 5.09 Å². The molecule has 3 N–H and O–H groups in total. The molecule has 2 aromatic rings. The van der Waals surface area contributed by atoms with Crippen molar-refractivity contribution in [1.82, 2.24) is 14.6 Å². The predicted molar refractivity (Wildman–Crippen MR) is 135 cm³/mol. The van der Waals surface area contributed by atoms with Gasteiger partial charge < -0.3 is 23.9 Å². The predicted octanol–water partition coefficient (Wildman–Crippen LogP) is 1.95. The lowest BCUT2D eigenvalue weighted by Gasteiger charge is -2.30.